The van der Waals surface area contributed by atoms with Gasteiger partial charge in [-0.25, -0.2) is 0 Å². The van der Waals surface area contributed by atoms with Crippen LogP contribution < -0.4 is 19.5 Å². The predicted octanol–water partition coefficient (Wildman–Crippen LogP) is 3.34. The van der Waals surface area contributed by atoms with E-state index in [1.54, 1.807) is 25.3 Å². The van der Waals surface area contributed by atoms with Gasteiger partial charge in [0, 0.05) is 6.07 Å². The van der Waals surface area contributed by atoms with Crippen molar-refractivity contribution in [3.63, 3.8) is 0 Å². The zero-order chi connectivity index (χ0) is 16.8. The van der Waals surface area contributed by atoms with Crippen LogP contribution in [0, 0.1) is 13.8 Å². The van der Waals surface area contributed by atoms with Gasteiger partial charge in [0.05, 0.1) is 19.9 Å². The molecule has 0 radical (unpaired) electrons. The maximum absolute atomic E-state index is 12.1. The number of carbonyl (C=O) groups is 1. The first-order valence-corrected chi connectivity index (χ1v) is 7.26. The first kappa shape index (κ1) is 16.7. The highest BCUT2D eigenvalue weighted by atomic mass is 16.5. The molecule has 1 N–H and O–H groups in total. The van der Waals surface area contributed by atoms with E-state index in [0.717, 1.165) is 11.1 Å². The normalized spacial score (nSPS) is 10.1. The van der Waals surface area contributed by atoms with E-state index in [0.29, 0.717) is 22.9 Å². The number of benzene rings is 2. The highest BCUT2D eigenvalue weighted by Crippen LogP contribution is 2.29. The van der Waals surface area contributed by atoms with Gasteiger partial charge >= 0.3 is 0 Å². The number of hydrogen-bond donors (Lipinski definition) is 1. The zero-order valence-electron chi connectivity index (χ0n) is 13.8. The van der Waals surface area contributed by atoms with E-state index in [1.165, 1.54) is 7.11 Å². The van der Waals surface area contributed by atoms with E-state index in [2.05, 4.69) is 5.32 Å². The number of aryl methyl sites for hydroxylation is 1. The van der Waals surface area contributed by atoms with Crippen LogP contribution in [0.2, 0.25) is 0 Å². The van der Waals surface area contributed by atoms with E-state index in [9.17, 15) is 4.79 Å². The average molecular weight is 315 g/mol. The van der Waals surface area contributed by atoms with Gasteiger partial charge in [-0.1, -0.05) is 12.1 Å². The first-order chi connectivity index (χ1) is 11.0. The molecule has 0 saturated carbocycles. The van der Waals surface area contributed by atoms with E-state index < -0.39 is 0 Å². The Morgan fingerprint density at radius 3 is 2.52 bits per heavy atom. The number of amides is 1. The summed E-state index contributed by atoms with van der Waals surface area (Å²) in [4.78, 5) is 12.1. The molecule has 5 heteroatoms. The van der Waals surface area contributed by atoms with Gasteiger partial charge in [0.25, 0.3) is 5.91 Å². The molecule has 0 aliphatic rings. The van der Waals surface area contributed by atoms with Crippen molar-refractivity contribution in [3.8, 4) is 17.2 Å². The van der Waals surface area contributed by atoms with Gasteiger partial charge in [-0.2, -0.15) is 0 Å². The number of nitrogens with one attached hydrogen (secondary N) is 1. The molecule has 0 atom stereocenters. The summed E-state index contributed by atoms with van der Waals surface area (Å²) in [5, 5.41) is 2.77. The molecule has 23 heavy (non-hydrogen) atoms. The molecule has 1 amide bonds. The second-order valence-corrected chi connectivity index (χ2v) is 5.10. The van der Waals surface area contributed by atoms with Crippen molar-refractivity contribution in [3.05, 3.63) is 47.5 Å². The summed E-state index contributed by atoms with van der Waals surface area (Å²) >= 11 is 0. The molecule has 5 nitrogen and oxygen atoms in total. The Hall–Kier alpha value is -2.69. The molecule has 0 saturated heterocycles. The van der Waals surface area contributed by atoms with Gasteiger partial charge in [-0.3, -0.25) is 4.79 Å². The number of carbonyl (C=O) groups excluding carboxylic acids is 1. The minimum absolute atomic E-state index is 0.0700. The van der Waals surface area contributed by atoms with Gasteiger partial charge in [0.2, 0.25) is 0 Å². The number of anilines is 1. The summed E-state index contributed by atoms with van der Waals surface area (Å²) in [5.41, 5.74) is 2.73. The third-order valence-electron chi connectivity index (χ3n) is 3.60. The molecule has 0 aliphatic heterocycles. The maximum Gasteiger partial charge on any atom is 0.262 e. The Balaban J connectivity index is 2.01. The lowest BCUT2D eigenvalue weighted by atomic mass is 10.1. The molecular weight excluding hydrogens is 294 g/mol. The Morgan fingerprint density at radius 1 is 1.04 bits per heavy atom. The van der Waals surface area contributed by atoms with Crippen molar-refractivity contribution in [1.29, 1.82) is 0 Å². The summed E-state index contributed by atoms with van der Waals surface area (Å²) in [6.07, 6.45) is 0. The summed E-state index contributed by atoms with van der Waals surface area (Å²) < 4.78 is 16.0. The number of hydrogen-bond acceptors (Lipinski definition) is 4. The highest BCUT2D eigenvalue weighted by molar-refractivity contribution is 5.93. The smallest absolute Gasteiger partial charge is 0.262 e. The molecule has 0 heterocycles. The SMILES string of the molecule is COc1ccc(NC(=O)COc2cccc(C)c2C)c(OC)c1. The molecule has 122 valence electrons. The maximum atomic E-state index is 12.1. The van der Waals surface area contributed by atoms with Crippen LogP contribution in [-0.4, -0.2) is 26.7 Å². The van der Waals surface area contributed by atoms with Crippen molar-refractivity contribution in [2.75, 3.05) is 26.1 Å². The minimum atomic E-state index is -0.255. The first-order valence-electron chi connectivity index (χ1n) is 7.26. The standard InChI is InChI=1S/C18H21NO4/c1-12-6-5-7-16(13(12)2)23-11-18(20)19-15-9-8-14(21-3)10-17(15)22-4/h5-10H,11H2,1-4H3,(H,19,20). The fraction of sp³-hybridized carbons (Fsp3) is 0.278. The number of rotatable bonds is 6. The van der Waals surface area contributed by atoms with Gasteiger partial charge in [-0.05, 0) is 43.2 Å². The van der Waals surface area contributed by atoms with Crippen molar-refractivity contribution in [2.24, 2.45) is 0 Å². The van der Waals surface area contributed by atoms with Crippen LogP contribution in [0.3, 0.4) is 0 Å². The van der Waals surface area contributed by atoms with Gasteiger partial charge in [0.15, 0.2) is 6.61 Å². The average Bonchev–Trinajstić information content (AvgIpc) is 2.56. The summed E-state index contributed by atoms with van der Waals surface area (Å²) in [6, 6.07) is 11.0. The summed E-state index contributed by atoms with van der Waals surface area (Å²) in [6.45, 7) is 3.90. The third-order valence-corrected chi connectivity index (χ3v) is 3.60. The molecule has 0 unspecified atom stereocenters. The van der Waals surface area contributed by atoms with Crippen molar-refractivity contribution < 1.29 is 19.0 Å². The van der Waals surface area contributed by atoms with E-state index in [1.807, 2.05) is 32.0 Å². The van der Waals surface area contributed by atoms with Crippen LogP contribution in [0.15, 0.2) is 36.4 Å². The van der Waals surface area contributed by atoms with Crippen LogP contribution >= 0.6 is 0 Å². The van der Waals surface area contributed by atoms with Crippen molar-refractivity contribution >= 4 is 11.6 Å². The van der Waals surface area contributed by atoms with E-state index in [-0.39, 0.29) is 12.5 Å². The zero-order valence-corrected chi connectivity index (χ0v) is 13.8. The molecule has 0 bridgehead atoms. The van der Waals surface area contributed by atoms with E-state index in [4.69, 9.17) is 14.2 Å². The monoisotopic (exact) mass is 315 g/mol. The third kappa shape index (κ3) is 4.16. The fourth-order valence-electron chi connectivity index (χ4n) is 2.11. The van der Waals surface area contributed by atoms with Crippen LogP contribution in [-0.2, 0) is 4.79 Å². The predicted molar refractivity (Wildman–Crippen MR) is 89.6 cm³/mol. The summed E-state index contributed by atoms with van der Waals surface area (Å²) in [7, 11) is 3.11. The quantitative estimate of drug-likeness (QED) is 0.888. The van der Waals surface area contributed by atoms with Gasteiger partial charge in [-0.15, -0.1) is 0 Å². The minimum Gasteiger partial charge on any atom is -0.497 e. The molecule has 2 rings (SSSR count). The van der Waals surface area contributed by atoms with Crippen LogP contribution in [0.25, 0.3) is 0 Å². The van der Waals surface area contributed by atoms with Crippen molar-refractivity contribution in [2.45, 2.75) is 13.8 Å². The number of methoxy groups -OCH3 is 2. The largest absolute Gasteiger partial charge is 0.497 e. The lowest BCUT2D eigenvalue weighted by molar-refractivity contribution is -0.118. The fourth-order valence-corrected chi connectivity index (χ4v) is 2.11. The van der Waals surface area contributed by atoms with Crippen LogP contribution in [0.5, 0.6) is 17.2 Å². The van der Waals surface area contributed by atoms with Gasteiger partial charge < -0.3 is 19.5 Å². The Morgan fingerprint density at radius 2 is 1.83 bits per heavy atom. The van der Waals surface area contributed by atoms with E-state index >= 15 is 0 Å². The molecular formula is C18H21NO4. The van der Waals surface area contributed by atoms with Crippen molar-refractivity contribution in [1.82, 2.24) is 0 Å². The second kappa shape index (κ2) is 7.54. The molecule has 2 aromatic carbocycles. The van der Waals surface area contributed by atoms with Gasteiger partial charge in [0.1, 0.15) is 17.2 Å². The molecule has 0 fully saturated rings. The molecule has 2 aromatic rings. The Kier molecular flexibility index (Phi) is 5.46. The lowest BCUT2D eigenvalue weighted by Crippen LogP contribution is -2.20. The summed E-state index contributed by atoms with van der Waals surface area (Å²) in [5.74, 6) is 1.65. The number of ether oxygens (including phenoxy) is 3. The highest BCUT2D eigenvalue weighted by Gasteiger charge is 2.10. The molecule has 0 spiro atoms. The topological polar surface area (TPSA) is 56.8 Å². The van der Waals surface area contributed by atoms with Crippen LogP contribution in [0.1, 0.15) is 11.1 Å². The van der Waals surface area contributed by atoms with Crippen LogP contribution in [0.4, 0.5) is 5.69 Å². The Bertz CT molecular complexity index is 697. The Labute approximate surface area is 136 Å². The molecule has 0 aromatic heterocycles. The lowest BCUT2D eigenvalue weighted by Gasteiger charge is -2.13. The second-order valence-electron chi connectivity index (χ2n) is 5.10. The molecule has 0 aliphatic carbocycles.